The molecule has 1 aliphatic heterocycles. The van der Waals surface area contributed by atoms with E-state index < -0.39 is 6.04 Å². The summed E-state index contributed by atoms with van der Waals surface area (Å²) in [6.45, 7) is 8.97. The highest BCUT2D eigenvalue weighted by atomic mass is 35.5. The predicted molar refractivity (Wildman–Crippen MR) is 149 cm³/mol. The molecule has 4 aromatic rings. The number of amides is 1. The molecule has 0 spiro atoms. The third kappa shape index (κ3) is 4.54. The van der Waals surface area contributed by atoms with Crippen molar-refractivity contribution in [1.82, 2.24) is 4.90 Å². The van der Waals surface area contributed by atoms with E-state index in [2.05, 4.69) is 0 Å². The summed E-state index contributed by atoms with van der Waals surface area (Å²) < 4.78 is 18.0. The molecule has 0 aliphatic carbocycles. The Morgan fingerprint density at radius 3 is 2.50 bits per heavy atom. The Morgan fingerprint density at radius 1 is 0.974 bits per heavy atom. The van der Waals surface area contributed by atoms with Crippen molar-refractivity contribution < 1.29 is 18.7 Å². The molecular formula is C31H30ClNO5. The van der Waals surface area contributed by atoms with Crippen molar-refractivity contribution in [2.45, 2.75) is 46.7 Å². The summed E-state index contributed by atoms with van der Waals surface area (Å²) >= 11 is 6.49. The summed E-state index contributed by atoms with van der Waals surface area (Å²) in [5.41, 5.74) is 3.81. The predicted octanol–water partition coefficient (Wildman–Crippen LogP) is 7.00. The molecule has 0 bridgehead atoms. The van der Waals surface area contributed by atoms with Gasteiger partial charge < -0.3 is 18.8 Å². The number of carbonyl (C=O) groups is 1. The first-order chi connectivity index (χ1) is 18.3. The number of nitrogens with zero attached hydrogens (tertiary/aromatic N) is 1. The van der Waals surface area contributed by atoms with E-state index in [0.717, 1.165) is 28.7 Å². The summed E-state index contributed by atoms with van der Waals surface area (Å²) in [4.78, 5) is 29.5. The molecule has 0 saturated heterocycles. The van der Waals surface area contributed by atoms with Crippen molar-refractivity contribution in [2.24, 2.45) is 0 Å². The lowest BCUT2D eigenvalue weighted by molar-refractivity contribution is 0.0714. The lowest BCUT2D eigenvalue weighted by Gasteiger charge is -2.26. The molecular weight excluding hydrogens is 502 g/mol. The maximum Gasteiger partial charge on any atom is 0.291 e. The number of aryl methyl sites for hydroxylation is 2. The SMILES string of the molecule is CCCOc1ccc(C2c3c(oc4c(C)cc(C)cc4c3=O)C(=O)N2Cc2ccccc2Cl)cc1OCC. The third-order valence-electron chi connectivity index (χ3n) is 6.74. The molecule has 1 aliphatic rings. The fourth-order valence-electron chi connectivity index (χ4n) is 5.09. The minimum absolute atomic E-state index is 0.0655. The van der Waals surface area contributed by atoms with E-state index in [1.165, 1.54) is 0 Å². The number of carbonyl (C=O) groups excluding carboxylic acids is 1. The highest BCUT2D eigenvalue weighted by Crippen LogP contribution is 2.42. The number of hydrogen-bond acceptors (Lipinski definition) is 5. The Balaban J connectivity index is 1.73. The van der Waals surface area contributed by atoms with Gasteiger partial charge >= 0.3 is 0 Å². The van der Waals surface area contributed by atoms with E-state index in [-0.39, 0.29) is 23.6 Å². The molecule has 3 aromatic carbocycles. The van der Waals surface area contributed by atoms with Crippen LogP contribution in [0.25, 0.3) is 11.0 Å². The van der Waals surface area contributed by atoms with E-state index >= 15 is 0 Å². The number of halogens is 1. The van der Waals surface area contributed by atoms with Crippen LogP contribution in [0.3, 0.4) is 0 Å². The molecule has 1 atom stereocenters. The van der Waals surface area contributed by atoms with Crippen LogP contribution in [0, 0.1) is 13.8 Å². The number of ether oxygens (including phenoxy) is 2. The zero-order valence-electron chi connectivity index (χ0n) is 22.0. The molecule has 0 saturated carbocycles. The van der Waals surface area contributed by atoms with Gasteiger partial charge in [0, 0.05) is 11.6 Å². The van der Waals surface area contributed by atoms with Crippen molar-refractivity contribution in [2.75, 3.05) is 13.2 Å². The van der Waals surface area contributed by atoms with Gasteiger partial charge in [-0.05, 0) is 73.7 Å². The molecule has 0 radical (unpaired) electrons. The number of rotatable bonds is 8. The van der Waals surface area contributed by atoms with Gasteiger partial charge in [-0.1, -0.05) is 48.9 Å². The minimum Gasteiger partial charge on any atom is -0.490 e. The van der Waals surface area contributed by atoms with Crippen LogP contribution in [0.5, 0.6) is 11.5 Å². The standard InChI is InChI=1S/C31H30ClNO5/c1-5-13-37-24-12-11-20(16-25(24)36-6-2)27-26-28(34)22-15-18(3)14-19(4)29(22)38-30(26)31(35)33(27)17-21-9-7-8-10-23(21)32/h7-12,14-16,27H,5-6,13,17H2,1-4H3. The van der Waals surface area contributed by atoms with Crippen LogP contribution in [-0.4, -0.2) is 24.0 Å². The Labute approximate surface area is 226 Å². The third-order valence-corrected chi connectivity index (χ3v) is 7.11. The second-order valence-corrected chi connectivity index (χ2v) is 9.95. The lowest BCUT2D eigenvalue weighted by atomic mass is 9.96. The average Bonchev–Trinajstić information content (AvgIpc) is 3.17. The van der Waals surface area contributed by atoms with Gasteiger partial charge in [-0.2, -0.15) is 0 Å². The second kappa shape index (κ2) is 10.5. The topological polar surface area (TPSA) is 69.0 Å². The molecule has 5 rings (SSSR count). The molecule has 1 unspecified atom stereocenters. The van der Waals surface area contributed by atoms with E-state index in [0.29, 0.717) is 46.3 Å². The first kappa shape index (κ1) is 25.9. The normalized spacial score (nSPS) is 14.7. The lowest BCUT2D eigenvalue weighted by Crippen LogP contribution is -2.29. The van der Waals surface area contributed by atoms with Crippen LogP contribution in [0.2, 0.25) is 5.02 Å². The first-order valence-electron chi connectivity index (χ1n) is 12.9. The van der Waals surface area contributed by atoms with Crippen LogP contribution < -0.4 is 14.9 Å². The van der Waals surface area contributed by atoms with Crippen LogP contribution in [-0.2, 0) is 6.54 Å². The largest absolute Gasteiger partial charge is 0.490 e. The molecule has 38 heavy (non-hydrogen) atoms. The van der Waals surface area contributed by atoms with Crippen molar-refractivity contribution >= 4 is 28.5 Å². The fraction of sp³-hybridized carbons (Fsp3) is 0.290. The summed E-state index contributed by atoms with van der Waals surface area (Å²) in [7, 11) is 0. The van der Waals surface area contributed by atoms with E-state index in [1.54, 1.807) is 11.0 Å². The van der Waals surface area contributed by atoms with Gasteiger partial charge in [-0.15, -0.1) is 0 Å². The zero-order chi connectivity index (χ0) is 27.0. The monoisotopic (exact) mass is 531 g/mol. The van der Waals surface area contributed by atoms with Gasteiger partial charge in [0.25, 0.3) is 5.91 Å². The molecule has 1 aromatic heterocycles. The minimum atomic E-state index is -0.685. The van der Waals surface area contributed by atoms with E-state index in [4.69, 9.17) is 25.5 Å². The number of hydrogen-bond donors (Lipinski definition) is 0. The average molecular weight is 532 g/mol. The Hall–Kier alpha value is -3.77. The Morgan fingerprint density at radius 2 is 1.76 bits per heavy atom. The first-order valence-corrected chi connectivity index (χ1v) is 13.2. The van der Waals surface area contributed by atoms with Crippen molar-refractivity contribution in [1.29, 1.82) is 0 Å². The van der Waals surface area contributed by atoms with Gasteiger partial charge in [0.2, 0.25) is 5.76 Å². The highest BCUT2D eigenvalue weighted by Gasteiger charge is 2.43. The van der Waals surface area contributed by atoms with Gasteiger partial charge in [0.05, 0.1) is 30.2 Å². The van der Waals surface area contributed by atoms with Crippen molar-refractivity contribution in [3.05, 3.63) is 103 Å². The van der Waals surface area contributed by atoms with Gasteiger partial charge in [0.1, 0.15) is 5.58 Å². The van der Waals surface area contributed by atoms with E-state index in [1.807, 2.05) is 76.2 Å². The van der Waals surface area contributed by atoms with Gasteiger partial charge in [-0.3, -0.25) is 9.59 Å². The van der Waals surface area contributed by atoms with Crippen LogP contribution in [0.1, 0.15) is 64.7 Å². The van der Waals surface area contributed by atoms with Crippen LogP contribution >= 0.6 is 11.6 Å². The van der Waals surface area contributed by atoms with Crippen molar-refractivity contribution in [3.63, 3.8) is 0 Å². The molecule has 7 heteroatoms. The quantitative estimate of drug-likeness (QED) is 0.245. The molecule has 2 heterocycles. The maximum atomic E-state index is 14.0. The highest BCUT2D eigenvalue weighted by molar-refractivity contribution is 6.31. The molecule has 196 valence electrons. The summed E-state index contributed by atoms with van der Waals surface area (Å²) in [6, 6.07) is 16.0. The van der Waals surface area contributed by atoms with Crippen molar-refractivity contribution in [3.8, 4) is 11.5 Å². The van der Waals surface area contributed by atoms with Gasteiger partial charge in [-0.25, -0.2) is 0 Å². The molecule has 6 nitrogen and oxygen atoms in total. The summed E-state index contributed by atoms with van der Waals surface area (Å²) in [5.74, 6) is 0.897. The molecule has 1 amide bonds. The molecule has 0 N–H and O–H groups in total. The van der Waals surface area contributed by atoms with Gasteiger partial charge in [0.15, 0.2) is 16.9 Å². The maximum absolute atomic E-state index is 14.0. The van der Waals surface area contributed by atoms with Crippen LogP contribution in [0.15, 0.2) is 63.8 Å². The smallest absolute Gasteiger partial charge is 0.291 e. The fourth-order valence-corrected chi connectivity index (χ4v) is 5.28. The zero-order valence-corrected chi connectivity index (χ0v) is 22.7. The second-order valence-electron chi connectivity index (χ2n) is 9.55. The van der Waals surface area contributed by atoms with Crippen LogP contribution in [0.4, 0.5) is 0 Å². The number of benzene rings is 3. The number of fused-ring (bicyclic) bond motifs is 2. The summed E-state index contributed by atoms with van der Waals surface area (Å²) in [6.07, 6.45) is 0.858. The van der Waals surface area contributed by atoms with E-state index in [9.17, 15) is 9.59 Å². The molecule has 0 fully saturated rings. The Kier molecular flexibility index (Phi) is 7.17. The Bertz CT molecular complexity index is 1590. The summed E-state index contributed by atoms with van der Waals surface area (Å²) in [5, 5.41) is 1.01.